The summed E-state index contributed by atoms with van der Waals surface area (Å²) in [5.41, 5.74) is -1.37. The molecule has 5 aliphatic carbocycles. The second-order valence-electron chi connectivity index (χ2n) is 14.6. The minimum Gasteiger partial charge on any atom is -0.390 e. The number of aliphatic hydroxyl groups is 5. The first-order valence-electron chi connectivity index (χ1n) is 14.4. The average molecular weight is 507 g/mol. The van der Waals surface area contributed by atoms with Gasteiger partial charge in [-0.2, -0.15) is 0 Å². The molecule has 7 nitrogen and oxygen atoms in total. The molecule has 5 saturated carbocycles. The molecule has 7 heteroatoms. The monoisotopic (exact) mass is 506 g/mol. The Hall–Kier alpha value is -0.570. The zero-order valence-corrected chi connectivity index (χ0v) is 22.4. The fraction of sp³-hybridized carbons (Fsp3) is 0.966. The zero-order valence-electron chi connectivity index (χ0n) is 22.4. The van der Waals surface area contributed by atoms with E-state index in [1.165, 1.54) is 0 Å². The lowest BCUT2D eigenvalue weighted by Crippen LogP contribution is -2.68. The molecule has 0 radical (unpaired) electrons. The van der Waals surface area contributed by atoms with Crippen molar-refractivity contribution >= 4 is 5.78 Å². The number of epoxide rings is 1. The lowest BCUT2D eigenvalue weighted by Gasteiger charge is -2.64. The van der Waals surface area contributed by atoms with Gasteiger partial charge in [0.2, 0.25) is 0 Å². The summed E-state index contributed by atoms with van der Waals surface area (Å²) in [5, 5.41) is 55.2. The van der Waals surface area contributed by atoms with Crippen LogP contribution in [-0.4, -0.2) is 67.1 Å². The molecule has 15 atom stereocenters. The van der Waals surface area contributed by atoms with Crippen LogP contribution in [0.25, 0.3) is 0 Å². The van der Waals surface area contributed by atoms with Gasteiger partial charge in [0, 0.05) is 30.6 Å². The highest BCUT2D eigenvalue weighted by Crippen LogP contribution is 2.72. The summed E-state index contributed by atoms with van der Waals surface area (Å²) >= 11 is 0. The Labute approximate surface area is 214 Å². The van der Waals surface area contributed by atoms with E-state index < -0.39 is 47.1 Å². The van der Waals surface area contributed by atoms with E-state index in [1.807, 2.05) is 0 Å². The molecule has 5 N–H and O–H groups in total. The van der Waals surface area contributed by atoms with Crippen LogP contribution in [0.15, 0.2) is 0 Å². The Morgan fingerprint density at radius 1 is 0.917 bits per heavy atom. The van der Waals surface area contributed by atoms with Crippen LogP contribution >= 0.6 is 0 Å². The van der Waals surface area contributed by atoms with Crippen molar-refractivity contribution in [3.63, 3.8) is 0 Å². The van der Waals surface area contributed by atoms with Gasteiger partial charge in [0.25, 0.3) is 0 Å². The smallest absolute Gasteiger partial charge is 0.196 e. The Kier molecular flexibility index (Phi) is 5.54. The Morgan fingerprint density at radius 3 is 2.22 bits per heavy atom. The van der Waals surface area contributed by atoms with Crippen molar-refractivity contribution in [2.75, 3.05) is 0 Å². The molecule has 4 unspecified atom stereocenters. The number of hydrogen-bond acceptors (Lipinski definition) is 7. The number of rotatable bonds is 3. The number of ether oxygens (including phenoxy) is 1. The second kappa shape index (κ2) is 7.76. The lowest BCUT2D eigenvalue weighted by molar-refractivity contribution is -0.249. The molecule has 6 aliphatic rings. The topological polar surface area (TPSA) is 131 Å². The lowest BCUT2D eigenvalue weighted by atomic mass is 9.42. The van der Waals surface area contributed by atoms with Gasteiger partial charge in [-0.15, -0.1) is 0 Å². The van der Waals surface area contributed by atoms with Crippen molar-refractivity contribution in [2.45, 2.75) is 115 Å². The molecule has 36 heavy (non-hydrogen) atoms. The van der Waals surface area contributed by atoms with Crippen LogP contribution < -0.4 is 0 Å². The molecule has 1 saturated heterocycles. The molecule has 6 fully saturated rings. The molecular formula is C29H46O7. The Bertz CT molecular complexity index is 939. The van der Waals surface area contributed by atoms with E-state index in [2.05, 4.69) is 34.6 Å². The maximum Gasteiger partial charge on any atom is 0.196 e. The molecule has 0 aromatic carbocycles. The summed E-state index contributed by atoms with van der Waals surface area (Å²) in [6.45, 7) is 10.8. The molecule has 6 rings (SSSR count). The Balaban J connectivity index is 1.32. The summed E-state index contributed by atoms with van der Waals surface area (Å²) in [7, 11) is 0. The number of carbonyl (C=O) groups is 1. The van der Waals surface area contributed by atoms with Crippen molar-refractivity contribution in [1.82, 2.24) is 0 Å². The quantitative estimate of drug-likeness (QED) is 0.371. The summed E-state index contributed by atoms with van der Waals surface area (Å²) in [6.07, 6.45) is 0.422. The van der Waals surface area contributed by atoms with E-state index in [9.17, 15) is 30.3 Å². The summed E-state index contributed by atoms with van der Waals surface area (Å²) in [4.78, 5) is 13.8. The van der Waals surface area contributed by atoms with Gasteiger partial charge in [0.05, 0.1) is 24.4 Å². The number of Topliss-reactive ketones (excluding diaryl/α,β-unsaturated/α-hetero) is 1. The van der Waals surface area contributed by atoms with Gasteiger partial charge < -0.3 is 30.3 Å². The second-order valence-corrected chi connectivity index (χ2v) is 14.6. The van der Waals surface area contributed by atoms with Gasteiger partial charge in [-0.25, -0.2) is 0 Å². The van der Waals surface area contributed by atoms with Crippen molar-refractivity contribution in [3.8, 4) is 0 Å². The highest BCUT2D eigenvalue weighted by atomic mass is 16.8. The number of carbonyl (C=O) groups excluding carboxylic acids is 1. The largest absolute Gasteiger partial charge is 0.390 e. The number of ketones is 1. The van der Waals surface area contributed by atoms with Gasteiger partial charge in [-0.3, -0.25) is 4.79 Å². The standard InChI is InChI=1S/C29H46O7/c1-13(2)15-11-28(29(35,12-15)36-28)14(3)17-10-19(31)21-20-16(6-8-27(17,21)5)26(4)9-7-18(30)23(32)22(26)25(34)24(20)33/h13-18,20-25,30,32-35H,6-12H2,1-5H3/t14-,15+,16?,17+,18+,20?,21+,22+,23-,24+,25+,26+,27+,28?,29?/m0/s1. The minimum absolute atomic E-state index is 0.00297. The SMILES string of the molecule is CC(C)[C@H]1CC2(O)OC2([C@@H](C)[C@H]2CC(=O)[C@@H]3C4C(CC[C@@]32C)[C@@]2(C)CC[C@@H](O)[C@H](O)[C@@H]2[C@@H](O)[C@@H]4O)C1. The fourth-order valence-electron chi connectivity index (χ4n) is 10.8. The maximum atomic E-state index is 13.8. The van der Waals surface area contributed by atoms with Gasteiger partial charge in [-0.05, 0) is 72.5 Å². The van der Waals surface area contributed by atoms with Gasteiger partial charge in [0.15, 0.2) is 5.79 Å². The van der Waals surface area contributed by atoms with E-state index >= 15 is 0 Å². The Morgan fingerprint density at radius 2 is 1.58 bits per heavy atom. The van der Waals surface area contributed by atoms with Crippen molar-refractivity contribution < 1.29 is 35.1 Å². The normalized spacial score (nSPS) is 60.8. The number of aliphatic hydroxyl groups excluding tert-OH is 4. The predicted molar refractivity (Wildman–Crippen MR) is 131 cm³/mol. The average Bonchev–Trinajstić information content (AvgIpc) is 3.13. The van der Waals surface area contributed by atoms with E-state index in [-0.39, 0.29) is 40.8 Å². The molecule has 0 amide bonds. The predicted octanol–water partition coefficient (Wildman–Crippen LogP) is 2.26. The molecular weight excluding hydrogens is 460 g/mol. The van der Waals surface area contributed by atoms with Gasteiger partial charge in [0.1, 0.15) is 11.4 Å². The highest BCUT2D eigenvalue weighted by Gasteiger charge is 2.79. The molecule has 204 valence electrons. The molecule has 1 aliphatic heterocycles. The number of hydrogen-bond donors (Lipinski definition) is 5. The van der Waals surface area contributed by atoms with Crippen molar-refractivity contribution in [2.24, 2.45) is 58.2 Å². The van der Waals surface area contributed by atoms with E-state index in [0.29, 0.717) is 37.5 Å². The first-order valence-corrected chi connectivity index (χ1v) is 14.4. The third kappa shape index (κ3) is 2.99. The first-order chi connectivity index (χ1) is 16.7. The first kappa shape index (κ1) is 25.7. The third-order valence-corrected chi connectivity index (χ3v) is 13.0. The molecule has 0 aromatic rings. The molecule has 0 aromatic heterocycles. The van der Waals surface area contributed by atoms with Crippen molar-refractivity contribution in [1.29, 1.82) is 0 Å². The van der Waals surface area contributed by atoms with Crippen LogP contribution in [-0.2, 0) is 9.53 Å². The summed E-state index contributed by atoms with van der Waals surface area (Å²) < 4.78 is 6.10. The summed E-state index contributed by atoms with van der Waals surface area (Å²) in [6, 6.07) is 0. The van der Waals surface area contributed by atoms with Crippen LogP contribution in [0.3, 0.4) is 0 Å². The molecule has 0 bridgehead atoms. The fourth-order valence-corrected chi connectivity index (χ4v) is 10.8. The van der Waals surface area contributed by atoms with Gasteiger partial charge >= 0.3 is 0 Å². The van der Waals surface area contributed by atoms with E-state index in [4.69, 9.17) is 4.74 Å². The van der Waals surface area contributed by atoms with Crippen molar-refractivity contribution in [3.05, 3.63) is 0 Å². The highest BCUT2D eigenvalue weighted by molar-refractivity contribution is 5.85. The minimum atomic E-state index is -1.18. The van der Waals surface area contributed by atoms with E-state index in [1.54, 1.807) is 0 Å². The maximum absolute atomic E-state index is 13.8. The number of fused-ring (bicyclic) bond motifs is 6. The zero-order chi connectivity index (χ0) is 26.2. The van der Waals surface area contributed by atoms with Crippen LogP contribution in [0, 0.1) is 58.2 Å². The summed E-state index contributed by atoms with van der Waals surface area (Å²) in [5.74, 6) is -1.32. The molecule has 1 heterocycles. The van der Waals surface area contributed by atoms with Crippen LogP contribution in [0.4, 0.5) is 0 Å². The van der Waals surface area contributed by atoms with Gasteiger partial charge in [-0.1, -0.05) is 34.6 Å². The van der Waals surface area contributed by atoms with Crippen LogP contribution in [0.2, 0.25) is 0 Å². The van der Waals surface area contributed by atoms with Crippen LogP contribution in [0.5, 0.6) is 0 Å². The van der Waals surface area contributed by atoms with E-state index in [0.717, 1.165) is 19.3 Å². The third-order valence-electron chi connectivity index (χ3n) is 13.0. The molecule has 0 spiro atoms. The van der Waals surface area contributed by atoms with Crippen LogP contribution in [0.1, 0.15) is 79.6 Å².